The first kappa shape index (κ1) is 22.4. The van der Waals surface area contributed by atoms with Gasteiger partial charge in [-0.25, -0.2) is 0 Å². The van der Waals surface area contributed by atoms with E-state index < -0.39 is 9.52 Å². The summed E-state index contributed by atoms with van der Waals surface area (Å²) in [5.74, 6) is 0. The predicted octanol–water partition coefficient (Wildman–Crippen LogP) is 7.42. The van der Waals surface area contributed by atoms with Crippen molar-refractivity contribution in [2.24, 2.45) is 0 Å². The Kier molecular flexibility index (Phi) is 6.21. The monoisotopic (exact) mass is 456 g/mol. The highest BCUT2D eigenvalue weighted by Crippen LogP contribution is 2.34. The van der Waals surface area contributed by atoms with Gasteiger partial charge in [0.05, 0.1) is 9.52 Å². The van der Waals surface area contributed by atoms with Crippen LogP contribution in [-0.4, -0.2) is 9.52 Å². The molecule has 0 nitrogen and oxygen atoms in total. The van der Waals surface area contributed by atoms with Crippen LogP contribution in [0.2, 0.25) is 0 Å². The second-order valence-electron chi connectivity index (χ2n) is 9.76. The highest BCUT2D eigenvalue weighted by atomic mass is 28.2. The van der Waals surface area contributed by atoms with Gasteiger partial charge in [0, 0.05) is 0 Å². The largest absolute Gasteiger partial charge is 0.0844 e. The highest BCUT2D eigenvalue weighted by molar-refractivity contribution is 6.64. The van der Waals surface area contributed by atoms with Crippen molar-refractivity contribution in [2.75, 3.05) is 0 Å². The fourth-order valence-corrected chi connectivity index (χ4v) is 7.55. The van der Waals surface area contributed by atoms with E-state index in [1.54, 1.807) is 5.20 Å². The third-order valence-electron chi connectivity index (χ3n) is 6.71. The first-order chi connectivity index (χ1) is 16.5. The van der Waals surface area contributed by atoms with Crippen LogP contribution >= 0.6 is 0 Å². The molecule has 0 radical (unpaired) electrons. The third kappa shape index (κ3) is 4.62. The molecule has 1 heteroatoms. The fourth-order valence-electron chi connectivity index (χ4n) is 5.44. The van der Waals surface area contributed by atoms with Gasteiger partial charge in [0.25, 0.3) is 0 Å². The van der Waals surface area contributed by atoms with Crippen LogP contribution in [0.1, 0.15) is 34.2 Å². The summed E-state index contributed by atoms with van der Waals surface area (Å²) in [6.45, 7) is 8.83. The Bertz CT molecular complexity index is 1380. The molecule has 168 valence electrons. The van der Waals surface area contributed by atoms with E-state index in [4.69, 9.17) is 0 Å². The molecule has 0 heterocycles. The van der Waals surface area contributed by atoms with Crippen molar-refractivity contribution in [1.82, 2.24) is 0 Å². The van der Waals surface area contributed by atoms with Crippen molar-refractivity contribution in [3.63, 3.8) is 0 Å². The molecule has 0 N–H and O–H groups in total. The lowest BCUT2D eigenvalue weighted by Gasteiger charge is -2.19. The summed E-state index contributed by atoms with van der Waals surface area (Å²) in [6.07, 6.45) is 5.76. The van der Waals surface area contributed by atoms with Crippen molar-refractivity contribution in [3.8, 4) is 22.3 Å². The Morgan fingerprint density at radius 3 is 1.85 bits per heavy atom. The van der Waals surface area contributed by atoms with E-state index >= 15 is 0 Å². The van der Waals surface area contributed by atoms with Gasteiger partial charge in [-0.1, -0.05) is 130 Å². The van der Waals surface area contributed by atoms with Gasteiger partial charge >= 0.3 is 0 Å². The lowest BCUT2D eigenvalue weighted by atomic mass is 9.91. The molecular weight excluding hydrogens is 424 g/mol. The number of aryl methyl sites for hydroxylation is 4. The smallest absolute Gasteiger partial charge is 0.0802 e. The zero-order valence-corrected chi connectivity index (χ0v) is 22.1. The van der Waals surface area contributed by atoms with Crippen LogP contribution in [0.5, 0.6) is 0 Å². The normalized spacial score (nSPS) is 13.4. The second-order valence-corrected chi connectivity index (χ2v) is 11.7. The van der Waals surface area contributed by atoms with Gasteiger partial charge in [-0.3, -0.25) is 0 Å². The molecule has 0 saturated heterocycles. The number of hydrogen-bond acceptors (Lipinski definition) is 0. The summed E-state index contributed by atoms with van der Waals surface area (Å²) in [6, 6.07) is 31.8. The van der Waals surface area contributed by atoms with Crippen molar-refractivity contribution in [2.45, 2.75) is 34.1 Å². The van der Waals surface area contributed by atoms with E-state index in [0.29, 0.717) is 0 Å². The molecule has 0 amide bonds. The zero-order valence-electron chi connectivity index (χ0n) is 20.7. The van der Waals surface area contributed by atoms with Gasteiger partial charge in [0.1, 0.15) is 0 Å². The molecule has 4 aromatic carbocycles. The van der Waals surface area contributed by atoms with Gasteiger partial charge < -0.3 is 0 Å². The Hall–Kier alpha value is -3.42. The fraction of sp³-hybridized carbons (Fsp3) is 0.152. The summed E-state index contributed by atoms with van der Waals surface area (Å²) in [5, 5.41) is 3.17. The first-order valence-corrected chi connectivity index (χ1v) is 13.6. The Morgan fingerprint density at radius 2 is 1.21 bits per heavy atom. The van der Waals surface area contributed by atoms with Crippen molar-refractivity contribution < 1.29 is 0 Å². The van der Waals surface area contributed by atoms with E-state index in [2.05, 4.69) is 125 Å². The highest BCUT2D eigenvalue weighted by Gasteiger charge is 2.18. The number of rotatable bonds is 5. The van der Waals surface area contributed by atoms with E-state index in [1.807, 2.05) is 0 Å². The minimum atomic E-state index is -0.652. The molecular formula is C33H32Si. The molecule has 0 aromatic heterocycles. The molecule has 34 heavy (non-hydrogen) atoms. The van der Waals surface area contributed by atoms with Crippen LogP contribution in [0.15, 0.2) is 102 Å². The maximum atomic E-state index is 2.39. The second kappa shape index (κ2) is 9.44. The minimum absolute atomic E-state index is 0.652. The lowest BCUT2D eigenvalue weighted by Crippen LogP contribution is -2.20. The number of allylic oxidation sites excluding steroid dienone is 4. The maximum absolute atomic E-state index is 2.39. The summed E-state index contributed by atoms with van der Waals surface area (Å²) in [4.78, 5) is 0. The molecule has 5 rings (SSSR count). The van der Waals surface area contributed by atoms with Crippen molar-refractivity contribution in [3.05, 3.63) is 130 Å². The molecule has 1 aliphatic rings. The van der Waals surface area contributed by atoms with E-state index in [0.717, 1.165) is 6.42 Å². The third-order valence-corrected chi connectivity index (χ3v) is 8.78. The number of benzene rings is 4. The summed E-state index contributed by atoms with van der Waals surface area (Å²) < 4.78 is 0. The van der Waals surface area contributed by atoms with Gasteiger partial charge in [-0.05, 0) is 67.5 Å². The van der Waals surface area contributed by atoms with Crippen LogP contribution in [0.3, 0.4) is 0 Å². The Balaban J connectivity index is 1.70. The van der Waals surface area contributed by atoms with Crippen LogP contribution in [-0.2, 0) is 0 Å². The van der Waals surface area contributed by atoms with Crippen LogP contribution in [0, 0.1) is 27.7 Å². The average Bonchev–Trinajstić information content (AvgIpc) is 3.26. The standard InChI is InChI=1S/C33H32Si/c1-22-16-23(2)19-27(18-22)30-13-9-15-32(33(30)28-20-24(3)17-25(4)21-28)34-31-14-8-12-29(31)26-10-6-5-7-11-26/h5-13,15-21H,14,34H2,1-4H3. The molecule has 0 atom stereocenters. The van der Waals surface area contributed by atoms with Crippen molar-refractivity contribution >= 4 is 20.3 Å². The molecule has 0 saturated carbocycles. The first-order valence-electron chi connectivity index (χ1n) is 12.2. The molecule has 0 unspecified atom stereocenters. The van der Waals surface area contributed by atoms with Gasteiger partial charge in [0.15, 0.2) is 0 Å². The van der Waals surface area contributed by atoms with Gasteiger partial charge in [-0.15, -0.1) is 0 Å². The van der Waals surface area contributed by atoms with Crippen LogP contribution in [0.25, 0.3) is 27.8 Å². The molecule has 0 spiro atoms. The Labute approximate surface area is 206 Å². The molecule has 4 aromatic rings. The lowest BCUT2D eigenvalue weighted by molar-refractivity contribution is 1.37. The minimum Gasteiger partial charge on any atom is -0.0802 e. The molecule has 1 aliphatic carbocycles. The van der Waals surface area contributed by atoms with Crippen LogP contribution in [0.4, 0.5) is 0 Å². The predicted molar refractivity (Wildman–Crippen MR) is 152 cm³/mol. The average molecular weight is 457 g/mol. The Morgan fingerprint density at radius 1 is 0.588 bits per heavy atom. The SMILES string of the molecule is Cc1cc(C)cc(-c2cccc([SiH2]C3=C(c4ccccc4)C=CC3)c2-c2cc(C)cc(C)c2)c1. The topological polar surface area (TPSA) is 0 Å². The van der Waals surface area contributed by atoms with E-state index in [1.165, 1.54) is 60.8 Å². The van der Waals surface area contributed by atoms with Crippen LogP contribution < -0.4 is 5.19 Å². The zero-order chi connectivity index (χ0) is 23.7. The van der Waals surface area contributed by atoms with E-state index in [-0.39, 0.29) is 0 Å². The number of hydrogen-bond donors (Lipinski definition) is 0. The molecule has 0 bridgehead atoms. The maximum Gasteiger partial charge on any atom is 0.0844 e. The molecule has 0 aliphatic heterocycles. The summed E-state index contributed by atoms with van der Waals surface area (Å²) >= 11 is 0. The van der Waals surface area contributed by atoms with Gasteiger partial charge in [0.2, 0.25) is 0 Å². The van der Waals surface area contributed by atoms with Crippen molar-refractivity contribution in [1.29, 1.82) is 0 Å². The molecule has 0 fully saturated rings. The quantitative estimate of drug-likeness (QED) is 0.274. The van der Waals surface area contributed by atoms with E-state index in [9.17, 15) is 0 Å². The summed E-state index contributed by atoms with van der Waals surface area (Å²) in [5.41, 5.74) is 13.5. The summed E-state index contributed by atoms with van der Waals surface area (Å²) in [7, 11) is -0.652. The van der Waals surface area contributed by atoms with Gasteiger partial charge in [-0.2, -0.15) is 0 Å².